The van der Waals surface area contributed by atoms with E-state index in [1.54, 1.807) is 18.5 Å². The van der Waals surface area contributed by atoms with Gasteiger partial charge in [0.15, 0.2) is 6.33 Å². The topological polar surface area (TPSA) is 69.4 Å². The van der Waals surface area contributed by atoms with Crippen molar-refractivity contribution >= 4 is 0 Å². The van der Waals surface area contributed by atoms with Crippen LogP contribution in [-0.4, -0.2) is 30.2 Å². The molecule has 0 aliphatic heterocycles. The molecule has 0 N–H and O–H groups in total. The van der Waals surface area contributed by atoms with Gasteiger partial charge in [0.05, 0.1) is 0 Å². The lowest BCUT2D eigenvalue weighted by molar-refractivity contribution is 0.677. The van der Waals surface area contributed by atoms with Crippen LogP contribution in [0, 0.1) is 0 Å². The van der Waals surface area contributed by atoms with Gasteiger partial charge in [-0.25, -0.2) is 9.97 Å². The maximum atomic E-state index is 3.91. The van der Waals surface area contributed by atoms with Gasteiger partial charge in [0, 0.05) is 12.4 Å². The molecule has 54 valence electrons. The predicted octanol–water partition coefficient (Wildman–Crippen LogP) is -0.548. The molecule has 0 atom stereocenters. The first-order valence-electron chi connectivity index (χ1n) is 2.97. The van der Waals surface area contributed by atoms with Gasteiger partial charge < -0.3 is 0 Å². The van der Waals surface area contributed by atoms with Crippen LogP contribution in [-0.2, 0) is 0 Å². The van der Waals surface area contributed by atoms with Crippen molar-refractivity contribution in [2.24, 2.45) is 0 Å². The minimum absolute atomic E-state index is 0.421. The average molecular weight is 148 g/mol. The van der Waals surface area contributed by atoms with Gasteiger partial charge >= 0.3 is 0 Å². The zero-order valence-electron chi connectivity index (χ0n) is 5.49. The van der Waals surface area contributed by atoms with Crippen LogP contribution in [0.4, 0.5) is 0 Å². The number of aromatic nitrogens is 6. The molecule has 6 nitrogen and oxygen atoms in total. The van der Waals surface area contributed by atoms with Crippen LogP contribution in [0.2, 0.25) is 0 Å². The predicted molar refractivity (Wildman–Crippen MR) is 34.7 cm³/mol. The maximum Gasteiger partial charge on any atom is 0.270 e. The molecule has 0 saturated carbocycles. The van der Waals surface area contributed by atoms with Crippen LogP contribution in [0.5, 0.6) is 0 Å². The number of rotatable bonds is 1. The Kier molecular flexibility index (Phi) is 1.29. The molecule has 0 unspecified atom stereocenters. The molecule has 0 spiro atoms. The Bertz CT molecular complexity index is 314. The van der Waals surface area contributed by atoms with Gasteiger partial charge in [0.1, 0.15) is 0 Å². The molecule has 11 heavy (non-hydrogen) atoms. The second-order valence-electron chi connectivity index (χ2n) is 1.77. The fourth-order valence-electron chi connectivity index (χ4n) is 0.653. The minimum atomic E-state index is 0.421. The standard InChI is InChI=1S/C5H4N6/c1-2-6-5(7-3-1)11-9-4-8-10-11/h1-4H. The summed E-state index contributed by atoms with van der Waals surface area (Å²) in [7, 11) is 0. The molecule has 2 rings (SSSR count). The van der Waals surface area contributed by atoms with E-state index in [2.05, 4.69) is 25.4 Å². The summed E-state index contributed by atoms with van der Waals surface area (Å²) in [5.74, 6) is 0.421. The third kappa shape index (κ3) is 1.05. The van der Waals surface area contributed by atoms with Crippen LogP contribution in [0.3, 0.4) is 0 Å². The lowest BCUT2D eigenvalue weighted by Gasteiger charge is -1.91. The number of tetrazole rings is 1. The van der Waals surface area contributed by atoms with E-state index >= 15 is 0 Å². The molecule has 0 amide bonds. The highest BCUT2D eigenvalue weighted by molar-refractivity contribution is 5.01. The van der Waals surface area contributed by atoms with E-state index in [0.29, 0.717) is 5.95 Å². The summed E-state index contributed by atoms with van der Waals surface area (Å²) in [5, 5.41) is 10.9. The van der Waals surface area contributed by atoms with Crippen molar-refractivity contribution < 1.29 is 0 Å². The maximum absolute atomic E-state index is 3.91. The van der Waals surface area contributed by atoms with Crippen molar-refractivity contribution in [2.75, 3.05) is 0 Å². The molecular weight excluding hydrogens is 144 g/mol. The molecule has 0 aliphatic carbocycles. The Hall–Kier alpha value is -1.85. The Morgan fingerprint density at radius 3 is 2.64 bits per heavy atom. The SMILES string of the molecule is c1cnc(-n2ncnn2)nc1. The number of nitrogens with zero attached hydrogens (tertiary/aromatic N) is 6. The monoisotopic (exact) mass is 148 g/mol. The van der Waals surface area contributed by atoms with Crippen LogP contribution in [0.25, 0.3) is 5.95 Å². The molecule has 0 fully saturated rings. The van der Waals surface area contributed by atoms with Gasteiger partial charge in [0.25, 0.3) is 5.95 Å². The van der Waals surface area contributed by atoms with Crippen molar-refractivity contribution in [3.8, 4) is 5.95 Å². The van der Waals surface area contributed by atoms with Crippen LogP contribution in [0.1, 0.15) is 0 Å². The molecular formula is C5H4N6. The zero-order chi connectivity index (χ0) is 7.52. The van der Waals surface area contributed by atoms with Crippen molar-refractivity contribution in [3.63, 3.8) is 0 Å². The first-order valence-corrected chi connectivity index (χ1v) is 2.97. The summed E-state index contributed by atoms with van der Waals surface area (Å²) in [6.45, 7) is 0. The Morgan fingerprint density at radius 1 is 1.18 bits per heavy atom. The fourth-order valence-corrected chi connectivity index (χ4v) is 0.653. The minimum Gasteiger partial charge on any atom is -0.218 e. The van der Waals surface area contributed by atoms with E-state index in [9.17, 15) is 0 Å². The smallest absolute Gasteiger partial charge is 0.218 e. The van der Waals surface area contributed by atoms with Gasteiger partial charge in [0.2, 0.25) is 0 Å². The van der Waals surface area contributed by atoms with Gasteiger partial charge in [-0.15, -0.1) is 10.2 Å². The van der Waals surface area contributed by atoms with Crippen LogP contribution < -0.4 is 0 Å². The summed E-state index contributed by atoms with van der Waals surface area (Å²) < 4.78 is 0. The molecule has 0 aromatic carbocycles. The first kappa shape index (κ1) is 5.90. The van der Waals surface area contributed by atoms with E-state index in [1.165, 1.54) is 11.1 Å². The number of hydrogen-bond acceptors (Lipinski definition) is 5. The Morgan fingerprint density at radius 2 is 2.00 bits per heavy atom. The molecule has 0 bridgehead atoms. The van der Waals surface area contributed by atoms with Crippen LogP contribution in [0.15, 0.2) is 24.8 Å². The van der Waals surface area contributed by atoms with Crippen molar-refractivity contribution in [2.45, 2.75) is 0 Å². The zero-order valence-corrected chi connectivity index (χ0v) is 5.49. The van der Waals surface area contributed by atoms with Gasteiger partial charge in [-0.05, 0) is 11.3 Å². The second kappa shape index (κ2) is 2.41. The highest BCUT2D eigenvalue weighted by Crippen LogP contribution is 1.89. The van der Waals surface area contributed by atoms with E-state index in [0.717, 1.165) is 0 Å². The van der Waals surface area contributed by atoms with E-state index < -0.39 is 0 Å². The van der Waals surface area contributed by atoms with E-state index in [-0.39, 0.29) is 0 Å². The third-order valence-electron chi connectivity index (χ3n) is 1.08. The summed E-state index contributed by atoms with van der Waals surface area (Å²) >= 11 is 0. The molecule has 2 aromatic heterocycles. The van der Waals surface area contributed by atoms with Crippen molar-refractivity contribution in [3.05, 3.63) is 24.8 Å². The first-order chi connectivity index (χ1) is 5.47. The van der Waals surface area contributed by atoms with Crippen molar-refractivity contribution in [1.82, 2.24) is 30.2 Å². The van der Waals surface area contributed by atoms with Gasteiger partial charge in [-0.3, -0.25) is 0 Å². The molecule has 0 saturated heterocycles. The van der Waals surface area contributed by atoms with Crippen LogP contribution >= 0.6 is 0 Å². The highest BCUT2D eigenvalue weighted by Gasteiger charge is 1.97. The van der Waals surface area contributed by atoms with Gasteiger partial charge in [-0.1, -0.05) is 4.80 Å². The summed E-state index contributed by atoms with van der Waals surface area (Å²) in [4.78, 5) is 9.07. The Balaban J connectivity index is 2.46. The normalized spacial score (nSPS) is 9.82. The molecule has 2 heterocycles. The van der Waals surface area contributed by atoms with Gasteiger partial charge in [-0.2, -0.15) is 0 Å². The van der Waals surface area contributed by atoms with E-state index in [1.807, 2.05) is 0 Å². The molecule has 0 radical (unpaired) electrons. The third-order valence-corrected chi connectivity index (χ3v) is 1.08. The lowest BCUT2D eigenvalue weighted by atomic mass is 10.7. The number of hydrogen-bond donors (Lipinski definition) is 0. The molecule has 2 aromatic rings. The molecule has 6 heteroatoms. The quantitative estimate of drug-likeness (QED) is 0.542. The van der Waals surface area contributed by atoms with Crippen molar-refractivity contribution in [1.29, 1.82) is 0 Å². The fraction of sp³-hybridized carbons (Fsp3) is 0. The second-order valence-corrected chi connectivity index (χ2v) is 1.77. The summed E-state index contributed by atoms with van der Waals surface area (Å²) in [6, 6.07) is 1.72. The average Bonchev–Trinajstić information content (AvgIpc) is 2.58. The summed E-state index contributed by atoms with van der Waals surface area (Å²) in [5.41, 5.74) is 0. The highest BCUT2D eigenvalue weighted by atomic mass is 15.6. The van der Waals surface area contributed by atoms with E-state index in [4.69, 9.17) is 0 Å². The molecule has 0 aliphatic rings. The summed E-state index contributed by atoms with van der Waals surface area (Å²) in [6.07, 6.45) is 4.56. The Labute approximate surface area is 61.9 Å². The lowest BCUT2D eigenvalue weighted by Crippen LogP contribution is -2.03. The largest absolute Gasteiger partial charge is 0.270 e.